The van der Waals surface area contributed by atoms with E-state index in [0.29, 0.717) is 38.0 Å². The molecule has 1 aliphatic rings. The standard InChI is InChI=1S/C30H42BrN5O4SSi2/c1-42(2,3)18-16-39-21-35-25-15-11-10-14-23(25)26(34-35)29-33-24-20-32-28(31)27(24)36(29)30(40-17-19-43(4,5)6)41(37,38)22-12-8-7-9-13-22/h7-15,28,30,32H,16-21H2,1-6H3. The van der Waals surface area contributed by atoms with E-state index in [2.05, 4.69) is 60.5 Å². The molecule has 5 rings (SSSR count). The van der Waals surface area contributed by atoms with Gasteiger partial charge in [0, 0.05) is 41.3 Å². The lowest BCUT2D eigenvalue weighted by Crippen LogP contribution is -2.29. The highest BCUT2D eigenvalue weighted by Gasteiger charge is 2.40. The number of fused-ring (bicyclic) bond motifs is 2. The second-order valence-electron chi connectivity index (χ2n) is 13.4. The number of imidazole rings is 1. The quantitative estimate of drug-likeness (QED) is 0.0693. The number of hydrogen-bond donors (Lipinski definition) is 1. The second kappa shape index (κ2) is 12.7. The molecule has 4 aromatic rings. The minimum absolute atomic E-state index is 0.199. The Hall–Kier alpha value is -2.14. The Bertz CT molecular complexity index is 1680. The first-order chi connectivity index (χ1) is 20.3. The molecule has 0 spiro atoms. The number of rotatable bonds is 13. The van der Waals surface area contributed by atoms with Crippen molar-refractivity contribution >= 4 is 52.8 Å². The fraction of sp³-hybridized carbons (Fsp3) is 0.467. The summed E-state index contributed by atoms with van der Waals surface area (Å²) in [7, 11) is -6.74. The number of sulfone groups is 1. The van der Waals surface area contributed by atoms with E-state index >= 15 is 0 Å². The number of alkyl halides is 1. The van der Waals surface area contributed by atoms with Gasteiger partial charge in [0.15, 0.2) is 5.82 Å². The summed E-state index contributed by atoms with van der Waals surface area (Å²) in [6.07, 6.45) is 0. The molecule has 0 radical (unpaired) electrons. The van der Waals surface area contributed by atoms with Gasteiger partial charge in [-0.25, -0.2) is 18.1 Å². The molecule has 0 bridgehead atoms. The van der Waals surface area contributed by atoms with E-state index in [9.17, 15) is 8.42 Å². The minimum Gasteiger partial charge on any atom is -0.360 e. The van der Waals surface area contributed by atoms with Crippen LogP contribution in [-0.2, 0) is 32.6 Å². The van der Waals surface area contributed by atoms with Crippen LogP contribution in [0.3, 0.4) is 0 Å². The molecular weight excluding hydrogens is 663 g/mol. The zero-order valence-electron chi connectivity index (χ0n) is 25.8. The smallest absolute Gasteiger partial charge is 0.244 e. The summed E-state index contributed by atoms with van der Waals surface area (Å²) in [5.74, 6) is 0.463. The molecule has 0 fully saturated rings. The lowest BCUT2D eigenvalue weighted by molar-refractivity contribution is 0.0692. The molecule has 2 aromatic carbocycles. The summed E-state index contributed by atoms with van der Waals surface area (Å²) in [6, 6.07) is 18.3. The Labute approximate surface area is 265 Å². The molecule has 1 N–H and O–H groups in total. The third kappa shape index (κ3) is 7.24. The van der Waals surface area contributed by atoms with Gasteiger partial charge in [-0.05, 0) is 30.3 Å². The fourth-order valence-corrected chi connectivity index (χ4v) is 8.64. The summed E-state index contributed by atoms with van der Waals surface area (Å²) in [4.78, 5) is 4.92. The van der Waals surface area contributed by atoms with Crippen LogP contribution in [0.25, 0.3) is 22.4 Å². The van der Waals surface area contributed by atoms with Crippen molar-refractivity contribution in [3.8, 4) is 11.5 Å². The van der Waals surface area contributed by atoms with Crippen LogP contribution < -0.4 is 5.32 Å². The van der Waals surface area contributed by atoms with Crippen molar-refractivity contribution in [1.82, 2.24) is 24.6 Å². The largest absolute Gasteiger partial charge is 0.360 e. The molecule has 0 saturated heterocycles. The Morgan fingerprint density at radius 3 is 2.33 bits per heavy atom. The van der Waals surface area contributed by atoms with Crippen molar-refractivity contribution in [2.75, 3.05) is 13.2 Å². The van der Waals surface area contributed by atoms with E-state index < -0.39 is 31.5 Å². The van der Waals surface area contributed by atoms with Crippen LogP contribution in [-0.4, -0.2) is 57.1 Å². The molecule has 2 aromatic heterocycles. The van der Waals surface area contributed by atoms with Gasteiger partial charge in [0.05, 0.1) is 21.8 Å². The third-order valence-corrected chi connectivity index (χ3v) is 13.4. The van der Waals surface area contributed by atoms with Crippen LogP contribution in [0.1, 0.15) is 21.9 Å². The SMILES string of the molecule is C[Si](C)(C)CCOCn1nc(-c2nc3c(n2C(OCC[Si](C)(C)C)S(=O)(=O)c2ccccc2)C(Br)NC3)c2ccccc21. The van der Waals surface area contributed by atoms with Crippen LogP contribution in [0, 0.1) is 0 Å². The molecule has 3 heterocycles. The highest BCUT2D eigenvalue weighted by Crippen LogP contribution is 2.41. The maximum atomic E-state index is 14.4. The Morgan fingerprint density at radius 2 is 1.63 bits per heavy atom. The summed E-state index contributed by atoms with van der Waals surface area (Å²) in [6.45, 7) is 15.5. The average Bonchev–Trinajstić information content (AvgIpc) is 3.61. The maximum Gasteiger partial charge on any atom is 0.244 e. The molecule has 9 nitrogen and oxygen atoms in total. The second-order valence-corrected chi connectivity index (χ2v) is 27.6. The predicted molar refractivity (Wildman–Crippen MR) is 180 cm³/mol. The highest BCUT2D eigenvalue weighted by molar-refractivity contribution is 9.09. The maximum absolute atomic E-state index is 14.4. The van der Waals surface area contributed by atoms with E-state index in [1.54, 1.807) is 28.8 Å². The van der Waals surface area contributed by atoms with Gasteiger partial charge in [-0.1, -0.05) is 91.6 Å². The van der Waals surface area contributed by atoms with Gasteiger partial charge in [0.2, 0.25) is 15.4 Å². The first kappa shape index (κ1) is 32.3. The number of nitrogens with zero attached hydrogens (tertiary/aromatic N) is 4. The van der Waals surface area contributed by atoms with Crippen molar-refractivity contribution in [2.45, 2.75) is 80.1 Å². The summed E-state index contributed by atoms with van der Waals surface area (Å²) >= 11 is 3.72. The van der Waals surface area contributed by atoms with Crippen molar-refractivity contribution in [3.63, 3.8) is 0 Å². The van der Waals surface area contributed by atoms with E-state index in [1.807, 2.05) is 35.0 Å². The first-order valence-electron chi connectivity index (χ1n) is 14.7. The summed E-state index contributed by atoms with van der Waals surface area (Å²) in [5, 5.41) is 9.21. The Morgan fingerprint density at radius 1 is 0.977 bits per heavy atom. The van der Waals surface area contributed by atoms with Crippen LogP contribution >= 0.6 is 15.9 Å². The molecule has 0 aliphatic carbocycles. The number of hydrogen-bond acceptors (Lipinski definition) is 7. The van der Waals surface area contributed by atoms with Crippen LogP contribution in [0.2, 0.25) is 51.4 Å². The van der Waals surface area contributed by atoms with Gasteiger partial charge in [-0.15, -0.1) is 0 Å². The molecule has 13 heteroatoms. The predicted octanol–water partition coefficient (Wildman–Crippen LogP) is 6.99. The Balaban J connectivity index is 1.64. The zero-order chi connectivity index (χ0) is 31.0. The van der Waals surface area contributed by atoms with Gasteiger partial charge in [-0.3, -0.25) is 9.88 Å². The van der Waals surface area contributed by atoms with Crippen molar-refractivity contribution < 1.29 is 17.9 Å². The molecule has 43 heavy (non-hydrogen) atoms. The number of aromatic nitrogens is 4. The monoisotopic (exact) mass is 703 g/mol. The van der Waals surface area contributed by atoms with Crippen LogP contribution in [0.5, 0.6) is 0 Å². The van der Waals surface area contributed by atoms with E-state index in [1.165, 1.54) is 0 Å². The fourth-order valence-electron chi connectivity index (χ4n) is 4.97. The molecule has 0 saturated carbocycles. The van der Waals surface area contributed by atoms with Gasteiger partial charge in [-0.2, -0.15) is 5.10 Å². The van der Waals surface area contributed by atoms with Crippen LogP contribution in [0.15, 0.2) is 59.5 Å². The zero-order valence-corrected chi connectivity index (χ0v) is 30.2. The summed E-state index contributed by atoms with van der Waals surface area (Å²) < 4.78 is 44.8. The van der Waals surface area contributed by atoms with Gasteiger partial charge in [0.1, 0.15) is 17.4 Å². The first-order valence-corrected chi connectivity index (χ1v) is 24.6. The van der Waals surface area contributed by atoms with E-state index in [-0.39, 0.29) is 9.85 Å². The van der Waals surface area contributed by atoms with E-state index in [0.717, 1.165) is 34.4 Å². The van der Waals surface area contributed by atoms with Crippen molar-refractivity contribution in [1.29, 1.82) is 0 Å². The summed E-state index contributed by atoms with van der Waals surface area (Å²) in [5.41, 5.74) is 1.67. The number of benzene rings is 2. The normalized spacial score (nSPS) is 16.6. The highest BCUT2D eigenvalue weighted by atomic mass is 79.9. The lowest BCUT2D eigenvalue weighted by Gasteiger charge is -2.25. The van der Waals surface area contributed by atoms with Crippen LogP contribution in [0.4, 0.5) is 0 Å². The topological polar surface area (TPSA) is 100 Å². The molecule has 0 amide bonds. The van der Waals surface area contributed by atoms with Crippen molar-refractivity contribution in [2.24, 2.45) is 0 Å². The lowest BCUT2D eigenvalue weighted by atomic mass is 10.2. The van der Waals surface area contributed by atoms with Gasteiger partial charge < -0.3 is 9.47 Å². The Kier molecular flexibility index (Phi) is 9.53. The number of halogens is 1. The molecular formula is C30H42BrN5O4SSi2. The third-order valence-electron chi connectivity index (χ3n) is 7.45. The van der Waals surface area contributed by atoms with Gasteiger partial charge >= 0.3 is 0 Å². The molecule has 2 unspecified atom stereocenters. The number of para-hydroxylation sites is 1. The molecule has 1 aliphatic heterocycles. The van der Waals surface area contributed by atoms with Gasteiger partial charge in [0.25, 0.3) is 0 Å². The number of ether oxygens (including phenoxy) is 2. The number of nitrogens with one attached hydrogen (secondary N) is 1. The van der Waals surface area contributed by atoms with Crippen molar-refractivity contribution in [3.05, 3.63) is 66.0 Å². The van der Waals surface area contributed by atoms with E-state index in [4.69, 9.17) is 19.6 Å². The molecule has 232 valence electrons. The molecule has 2 atom stereocenters. The minimum atomic E-state index is -3.98. The average molecular weight is 705 g/mol.